The van der Waals surface area contributed by atoms with Crippen molar-refractivity contribution >= 4 is 5.97 Å². The molecule has 4 nitrogen and oxygen atoms in total. The van der Waals surface area contributed by atoms with Crippen LogP contribution in [0.3, 0.4) is 0 Å². The highest BCUT2D eigenvalue weighted by Crippen LogP contribution is 2.39. The van der Waals surface area contributed by atoms with E-state index in [1.54, 1.807) is 5.06 Å². The average molecular weight is 242 g/mol. The molecule has 2 fully saturated rings. The van der Waals surface area contributed by atoms with E-state index < -0.39 is 0 Å². The van der Waals surface area contributed by atoms with E-state index in [-0.39, 0.29) is 29.1 Å². The number of piperidine rings is 1. The predicted octanol–water partition coefficient (Wildman–Crippen LogP) is 1.60. The molecule has 98 valence electrons. The van der Waals surface area contributed by atoms with E-state index in [0.29, 0.717) is 0 Å². The highest BCUT2D eigenvalue weighted by molar-refractivity contribution is 5.75. The van der Waals surface area contributed by atoms with E-state index in [2.05, 4.69) is 0 Å². The van der Waals surface area contributed by atoms with Crippen molar-refractivity contribution < 1.29 is 14.7 Å². The van der Waals surface area contributed by atoms with E-state index in [4.69, 9.17) is 9.94 Å². The standard InChI is InChI=1S/C13H23NO3/c1-12(2)7-10(8-13(3,4)14(12)16)17-11(15)9-5-6-9/h9-10,16H,5-8H2,1-4H3/p+1. The Morgan fingerprint density at radius 1 is 1.18 bits per heavy atom. The molecule has 0 spiro atoms. The lowest BCUT2D eigenvalue weighted by molar-refractivity contribution is -0.259. The zero-order valence-corrected chi connectivity index (χ0v) is 11.2. The topological polar surface area (TPSA) is 52.4 Å². The quantitative estimate of drug-likeness (QED) is 0.546. The molecule has 1 saturated heterocycles. The molecule has 1 aliphatic heterocycles. The third-order valence-corrected chi connectivity index (χ3v) is 3.86. The molecular weight excluding hydrogens is 218 g/mol. The van der Waals surface area contributed by atoms with Crippen molar-refractivity contribution in [3.8, 4) is 0 Å². The van der Waals surface area contributed by atoms with Gasteiger partial charge < -0.3 is 9.94 Å². The smallest absolute Gasteiger partial charge is 0.309 e. The summed E-state index contributed by atoms with van der Waals surface area (Å²) in [6, 6.07) is 0. The molecule has 17 heavy (non-hydrogen) atoms. The Bertz CT molecular complexity index is 303. The summed E-state index contributed by atoms with van der Waals surface area (Å²) in [6.07, 6.45) is 3.44. The Balaban J connectivity index is 2.02. The fraction of sp³-hybridized carbons (Fsp3) is 0.923. The number of hydrogen-bond donors (Lipinski definition) is 0. The number of esters is 1. The van der Waals surface area contributed by atoms with Gasteiger partial charge in [0.25, 0.3) is 0 Å². The van der Waals surface area contributed by atoms with Crippen molar-refractivity contribution in [1.82, 2.24) is 5.06 Å². The summed E-state index contributed by atoms with van der Waals surface area (Å²) in [4.78, 5) is 11.7. The normalized spacial score (nSPS) is 29.0. The van der Waals surface area contributed by atoms with Crippen LogP contribution in [0.25, 0.3) is 0 Å². The molecule has 0 amide bonds. The molecule has 2 rings (SSSR count). The zero-order valence-electron chi connectivity index (χ0n) is 11.2. The molecule has 1 aliphatic carbocycles. The first-order chi connectivity index (χ1) is 7.72. The van der Waals surface area contributed by atoms with Gasteiger partial charge in [-0.2, -0.15) is 0 Å². The molecule has 0 unspecified atom stereocenters. The Kier molecular flexibility index (Phi) is 2.99. The van der Waals surface area contributed by atoms with Crippen LogP contribution in [0.4, 0.5) is 0 Å². The van der Waals surface area contributed by atoms with Gasteiger partial charge in [-0.3, -0.25) is 4.79 Å². The highest BCUT2D eigenvalue weighted by atomic mass is 16.5. The molecule has 1 heterocycles. The monoisotopic (exact) mass is 242 g/mol. The van der Waals surface area contributed by atoms with Crippen molar-refractivity contribution in [2.45, 2.75) is 70.6 Å². The molecule has 0 radical (unpaired) electrons. The number of hydrogen-bond acceptors (Lipinski definition) is 3. The summed E-state index contributed by atoms with van der Waals surface area (Å²) in [5.74, 6) is 0.135. The van der Waals surface area contributed by atoms with Gasteiger partial charge >= 0.3 is 5.97 Å². The number of carbonyl (C=O) groups is 1. The van der Waals surface area contributed by atoms with Gasteiger partial charge in [-0.15, -0.1) is 0 Å². The molecule has 2 aliphatic rings. The fourth-order valence-electron chi connectivity index (χ4n) is 2.85. The molecule has 0 bridgehead atoms. The maximum Gasteiger partial charge on any atom is 0.309 e. The highest BCUT2D eigenvalue weighted by Gasteiger charge is 2.50. The number of nitrogens with zero attached hydrogens (tertiary/aromatic N) is 1. The summed E-state index contributed by atoms with van der Waals surface area (Å²) < 4.78 is 5.59. The summed E-state index contributed by atoms with van der Waals surface area (Å²) in [5.41, 5.74) is -0.480. The first-order valence-electron chi connectivity index (χ1n) is 6.44. The van der Waals surface area contributed by atoms with Crippen LogP contribution in [0.5, 0.6) is 0 Å². The van der Waals surface area contributed by atoms with E-state index in [0.717, 1.165) is 25.7 Å². The summed E-state index contributed by atoms with van der Waals surface area (Å²) in [7, 11) is 0. The minimum atomic E-state index is -0.240. The second-order valence-corrected chi connectivity index (χ2v) is 6.70. The molecule has 0 aromatic rings. The first kappa shape index (κ1) is 12.8. The summed E-state index contributed by atoms with van der Waals surface area (Å²) >= 11 is 0. The molecule has 2 N–H and O–H groups in total. The third kappa shape index (κ3) is 2.63. The van der Waals surface area contributed by atoms with Crippen LogP contribution in [-0.2, 0) is 9.53 Å². The van der Waals surface area contributed by atoms with Gasteiger partial charge in [-0.25, -0.2) is 0 Å². The van der Waals surface area contributed by atoms with Crippen LogP contribution in [-0.4, -0.2) is 33.4 Å². The minimum Gasteiger partial charge on any atom is -0.462 e. The van der Waals surface area contributed by atoms with Gasteiger partial charge in [-0.05, 0) is 40.5 Å². The van der Waals surface area contributed by atoms with Crippen molar-refractivity contribution in [3.05, 3.63) is 0 Å². The van der Waals surface area contributed by atoms with Gasteiger partial charge in [0, 0.05) is 12.8 Å². The lowest BCUT2D eigenvalue weighted by atomic mass is 9.80. The van der Waals surface area contributed by atoms with Gasteiger partial charge in [0.15, 0.2) is 0 Å². The fourth-order valence-corrected chi connectivity index (χ4v) is 2.85. The lowest BCUT2D eigenvalue weighted by Crippen LogP contribution is -2.60. The number of hydroxylamine groups is 2. The number of rotatable bonds is 2. The van der Waals surface area contributed by atoms with Crippen molar-refractivity contribution in [2.24, 2.45) is 5.92 Å². The summed E-state index contributed by atoms with van der Waals surface area (Å²) in [6.45, 7) is 8.16. The SMILES string of the molecule is CC1(C)CC(OC(=O)C2CC2)CC(C)(C)N1[OH2+]. The lowest BCUT2D eigenvalue weighted by Gasteiger charge is -2.47. The Morgan fingerprint density at radius 3 is 2.06 bits per heavy atom. The van der Waals surface area contributed by atoms with Crippen molar-refractivity contribution in [2.75, 3.05) is 0 Å². The Hall–Kier alpha value is -0.610. The molecule has 0 atom stereocenters. The van der Waals surface area contributed by atoms with Crippen LogP contribution in [0.1, 0.15) is 53.4 Å². The van der Waals surface area contributed by atoms with Crippen LogP contribution in [0.2, 0.25) is 0 Å². The third-order valence-electron chi connectivity index (χ3n) is 3.86. The van der Waals surface area contributed by atoms with Gasteiger partial charge in [0.1, 0.15) is 6.10 Å². The second-order valence-electron chi connectivity index (χ2n) is 6.70. The second kappa shape index (κ2) is 3.95. The average Bonchev–Trinajstić information content (AvgIpc) is 2.95. The molecular formula is C13H24NO3+. The molecule has 1 saturated carbocycles. The van der Waals surface area contributed by atoms with Crippen LogP contribution in [0, 0.1) is 5.92 Å². The van der Waals surface area contributed by atoms with Gasteiger partial charge in [-0.1, -0.05) is 5.06 Å². The first-order valence-corrected chi connectivity index (χ1v) is 6.44. The maximum atomic E-state index is 11.7. The van der Waals surface area contributed by atoms with Gasteiger partial charge in [0.05, 0.1) is 17.0 Å². The van der Waals surface area contributed by atoms with Crippen molar-refractivity contribution in [3.63, 3.8) is 0 Å². The molecule has 0 aromatic carbocycles. The van der Waals surface area contributed by atoms with Crippen LogP contribution >= 0.6 is 0 Å². The molecule has 4 heteroatoms. The minimum absolute atomic E-state index is 0.0277. The van der Waals surface area contributed by atoms with E-state index in [1.165, 1.54) is 0 Å². The number of ether oxygens (including phenoxy) is 1. The summed E-state index contributed by atoms with van der Waals surface area (Å²) in [5, 5.41) is 9.79. The van der Waals surface area contributed by atoms with Crippen LogP contribution < -0.4 is 0 Å². The largest absolute Gasteiger partial charge is 0.462 e. The van der Waals surface area contributed by atoms with E-state index in [9.17, 15) is 4.79 Å². The van der Waals surface area contributed by atoms with Crippen molar-refractivity contribution in [1.29, 1.82) is 0 Å². The van der Waals surface area contributed by atoms with Crippen LogP contribution in [0.15, 0.2) is 0 Å². The zero-order chi connectivity index (χ0) is 12.8. The van der Waals surface area contributed by atoms with Gasteiger partial charge in [0.2, 0.25) is 0 Å². The maximum absolute atomic E-state index is 11.7. The predicted molar refractivity (Wildman–Crippen MR) is 65.4 cm³/mol. The Labute approximate surface area is 103 Å². The Morgan fingerprint density at radius 2 is 1.65 bits per heavy atom. The number of carbonyl (C=O) groups excluding carboxylic acids is 1. The molecule has 0 aromatic heterocycles. The van der Waals surface area contributed by atoms with E-state index >= 15 is 0 Å². The van der Waals surface area contributed by atoms with E-state index in [1.807, 2.05) is 27.7 Å².